The lowest BCUT2D eigenvalue weighted by atomic mass is 10.1. The van der Waals surface area contributed by atoms with Crippen molar-refractivity contribution in [3.63, 3.8) is 0 Å². The zero-order valence-corrected chi connectivity index (χ0v) is 13.4. The molecule has 3 amide bonds. The smallest absolute Gasteiger partial charge is 0.329 e. The van der Waals surface area contributed by atoms with E-state index in [1.807, 2.05) is 0 Å². The van der Waals surface area contributed by atoms with Crippen LogP contribution < -0.4 is 0 Å². The summed E-state index contributed by atoms with van der Waals surface area (Å²) < 4.78 is 5.07. The first-order chi connectivity index (χ1) is 10.8. The first kappa shape index (κ1) is 16.7. The van der Waals surface area contributed by atoms with Gasteiger partial charge < -0.3 is 9.64 Å². The monoisotopic (exact) mass is 318 g/mol. The van der Waals surface area contributed by atoms with Crippen LogP contribution in [0.15, 0.2) is 24.3 Å². The van der Waals surface area contributed by atoms with Gasteiger partial charge in [0, 0.05) is 14.1 Å². The average Bonchev–Trinajstić information content (AvgIpc) is 2.77. The van der Waals surface area contributed by atoms with Gasteiger partial charge in [0.05, 0.1) is 11.1 Å². The number of hydrogen-bond donors (Lipinski definition) is 0. The molecule has 122 valence electrons. The number of benzene rings is 1. The largest absolute Gasteiger partial charge is 0.451 e. The van der Waals surface area contributed by atoms with E-state index in [-0.39, 0.29) is 17.0 Å². The maximum Gasteiger partial charge on any atom is 0.329 e. The number of amides is 3. The summed E-state index contributed by atoms with van der Waals surface area (Å²) in [5, 5.41) is 0. The predicted molar refractivity (Wildman–Crippen MR) is 80.7 cm³/mol. The molecule has 0 fully saturated rings. The van der Waals surface area contributed by atoms with Crippen LogP contribution in [0.3, 0.4) is 0 Å². The molecule has 0 unspecified atom stereocenters. The third-order valence-electron chi connectivity index (χ3n) is 3.64. The Balaban J connectivity index is 2.14. The zero-order valence-electron chi connectivity index (χ0n) is 13.4. The topological polar surface area (TPSA) is 84.0 Å². The number of imide groups is 1. The van der Waals surface area contributed by atoms with Crippen LogP contribution in [0.5, 0.6) is 0 Å². The van der Waals surface area contributed by atoms with Crippen molar-refractivity contribution in [1.82, 2.24) is 9.80 Å². The van der Waals surface area contributed by atoms with Gasteiger partial charge in [0.15, 0.2) is 6.10 Å². The highest BCUT2D eigenvalue weighted by Crippen LogP contribution is 2.24. The van der Waals surface area contributed by atoms with Gasteiger partial charge in [-0.2, -0.15) is 0 Å². The Hall–Kier alpha value is -2.70. The molecule has 0 spiro atoms. The fourth-order valence-corrected chi connectivity index (χ4v) is 2.35. The number of nitrogens with zero attached hydrogens (tertiary/aromatic N) is 2. The van der Waals surface area contributed by atoms with Crippen molar-refractivity contribution in [2.75, 3.05) is 14.1 Å². The van der Waals surface area contributed by atoms with Crippen LogP contribution in [0.25, 0.3) is 0 Å². The maximum atomic E-state index is 12.3. The summed E-state index contributed by atoms with van der Waals surface area (Å²) >= 11 is 0. The Morgan fingerprint density at radius 1 is 1.04 bits per heavy atom. The molecular weight excluding hydrogens is 300 g/mol. The molecule has 0 saturated carbocycles. The lowest BCUT2D eigenvalue weighted by Crippen LogP contribution is -2.46. The van der Waals surface area contributed by atoms with Crippen molar-refractivity contribution in [3.8, 4) is 0 Å². The molecule has 0 radical (unpaired) electrons. The van der Waals surface area contributed by atoms with E-state index in [1.165, 1.54) is 30.9 Å². The molecular formula is C16H18N2O5. The molecule has 7 nitrogen and oxygen atoms in total. The van der Waals surface area contributed by atoms with Crippen LogP contribution in [-0.2, 0) is 14.3 Å². The van der Waals surface area contributed by atoms with Crippen LogP contribution in [0.1, 0.15) is 34.6 Å². The second kappa shape index (κ2) is 6.20. The molecule has 7 heteroatoms. The third kappa shape index (κ3) is 2.94. The van der Waals surface area contributed by atoms with Gasteiger partial charge in [0.25, 0.3) is 17.7 Å². The highest BCUT2D eigenvalue weighted by Gasteiger charge is 2.41. The van der Waals surface area contributed by atoms with Crippen molar-refractivity contribution in [2.45, 2.75) is 26.0 Å². The fourth-order valence-electron chi connectivity index (χ4n) is 2.35. The third-order valence-corrected chi connectivity index (χ3v) is 3.64. The Kier molecular flexibility index (Phi) is 4.49. The average molecular weight is 318 g/mol. The minimum atomic E-state index is -1.11. The summed E-state index contributed by atoms with van der Waals surface area (Å²) in [6.07, 6.45) is -0.991. The van der Waals surface area contributed by atoms with E-state index in [4.69, 9.17) is 4.74 Å². The van der Waals surface area contributed by atoms with Gasteiger partial charge in [-0.1, -0.05) is 12.1 Å². The number of esters is 1. The van der Waals surface area contributed by atoms with Gasteiger partial charge >= 0.3 is 5.97 Å². The van der Waals surface area contributed by atoms with E-state index < -0.39 is 29.9 Å². The second-order valence-corrected chi connectivity index (χ2v) is 5.51. The molecule has 1 aromatic rings. The molecule has 2 rings (SSSR count). The number of carbonyl (C=O) groups excluding carboxylic acids is 4. The van der Waals surface area contributed by atoms with Crippen LogP contribution in [0.2, 0.25) is 0 Å². The Bertz CT molecular complexity index is 648. The molecule has 1 aliphatic heterocycles. The number of carbonyl (C=O) groups is 4. The lowest BCUT2D eigenvalue weighted by molar-refractivity contribution is -0.160. The number of likely N-dealkylation sites (N-methyl/N-ethyl adjacent to an activating group) is 1. The summed E-state index contributed by atoms with van der Waals surface area (Å²) in [6, 6.07) is 5.25. The lowest BCUT2D eigenvalue weighted by Gasteiger charge is -2.23. The van der Waals surface area contributed by atoms with Crippen LogP contribution in [0, 0.1) is 0 Å². The summed E-state index contributed by atoms with van der Waals surface area (Å²) in [5.41, 5.74) is 0.518. The minimum Gasteiger partial charge on any atom is -0.451 e. The molecule has 0 N–H and O–H groups in total. The molecule has 1 heterocycles. The Morgan fingerprint density at radius 3 is 1.96 bits per heavy atom. The van der Waals surface area contributed by atoms with E-state index in [0.29, 0.717) is 0 Å². The first-order valence-electron chi connectivity index (χ1n) is 7.14. The van der Waals surface area contributed by atoms with Crippen LogP contribution in [0.4, 0.5) is 0 Å². The number of fused-ring (bicyclic) bond motifs is 1. The molecule has 0 bridgehead atoms. The van der Waals surface area contributed by atoms with Gasteiger partial charge in [-0.3, -0.25) is 19.3 Å². The maximum absolute atomic E-state index is 12.3. The van der Waals surface area contributed by atoms with E-state index in [1.54, 1.807) is 26.2 Å². The van der Waals surface area contributed by atoms with Crippen molar-refractivity contribution < 1.29 is 23.9 Å². The number of rotatable bonds is 4. The number of hydrogen-bond acceptors (Lipinski definition) is 5. The normalized spacial score (nSPS) is 15.9. The van der Waals surface area contributed by atoms with Crippen molar-refractivity contribution in [1.29, 1.82) is 0 Å². The molecule has 23 heavy (non-hydrogen) atoms. The second-order valence-electron chi connectivity index (χ2n) is 5.51. The standard InChI is InChI=1S/C16H18N2O5/c1-9(16(22)23-10(2)13(19)17(3)4)18-14(20)11-7-5-6-8-12(11)15(18)21/h5-10H,1-4H3/t9-,10+/m1/s1. The molecule has 2 atom stereocenters. The first-order valence-corrected chi connectivity index (χ1v) is 7.14. The Morgan fingerprint density at radius 2 is 1.52 bits per heavy atom. The van der Waals surface area contributed by atoms with Gasteiger partial charge in [-0.05, 0) is 26.0 Å². The fraction of sp³-hybridized carbons (Fsp3) is 0.375. The summed E-state index contributed by atoms with van der Waals surface area (Å²) in [4.78, 5) is 50.7. The van der Waals surface area contributed by atoms with E-state index in [0.717, 1.165) is 4.90 Å². The predicted octanol–water partition coefficient (Wildman–Crippen LogP) is 0.691. The van der Waals surface area contributed by atoms with Crippen molar-refractivity contribution >= 4 is 23.7 Å². The van der Waals surface area contributed by atoms with Gasteiger partial charge in [-0.15, -0.1) is 0 Å². The van der Waals surface area contributed by atoms with Crippen molar-refractivity contribution in [3.05, 3.63) is 35.4 Å². The van der Waals surface area contributed by atoms with Crippen LogP contribution in [-0.4, -0.2) is 59.7 Å². The molecule has 0 aromatic heterocycles. The van der Waals surface area contributed by atoms with Gasteiger partial charge in [0.2, 0.25) is 0 Å². The molecule has 1 aromatic carbocycles. The van der Waals surface area contributed by atoms with Gasteiger partial charge in [-0.25, -0.2) is 4.79 Å². The summed E-state index contributed by atoms with van der Waals surface area (Å²) in [7, 11) is 3.08. The Labute approximate surface area is 133 Å². The SMILES string of the molecule is C[C@H](OC(=O)[C@@H](C)N1C(=O)c2ccccc2C1=O)C(=O)N(C)C. The summed E-state index contributed by atoms with van der Waals surface area (Å²) in [5.74, 6) is -2.27. The molecule has 1 aliphatic rings. The van der Waals surface area contributed by atoms with Crippen molar-refractivity contribution in [2.24, 2.45) is 0 Å². The zero-order chi connectivity index (χ0) is 17.3. The molecule has 0 aliphatic carbocycles. The quantitative estimate of drug-likeness (QED) is 0.602. The molecule has 0 saturated heterocycles. The van der Waals surface area contributed by atoms with Crippen LogP contribution >= 0.6 is 0 Å². The minimum absolute atomic E-state index is 0.259. The highest BCUT2D eigenvalue weighted by molar-refractivity contribution is 6.22. The van der Waals surface area contributed by atoms with Gasteiger partial charge in [0.1, 0.15) is 6.04 Å². The highest BCUT2D eigenvalue weighted by atomic mass is 16.5. The summed E-state index contributed by atoms with van der Waals surface area (Å²) in [6.45, 7) is 2.84. The van der Waals surface area contributed by atoms with E-state index in [9.17, 15) is 19.2 Å². The van der Waals surface area contributed by atoms with E-state index >= 15 is 0 Å². The van der Waals surface area contributed by atoms with E-state index in [2.05, 4.69) is 0 Å². The number of ether oxygens (including phenoxy) is 1.